The SMILES string of the molecule is Cc1cc(-c2ccc3c(c2)/c(=N\C#N)c2cc4c(cc23)/c(=N/C#N)c2ccccc24)ccc1F. The van der Waals surface area contributed by atoms with E-state index in [4.69, 9.17) is 0 Å². The molecule has 0 aliphatic rings. The molecule has 0 atom stereocenters. The summed E-state index contributed by atoms with van der Waals surface area (Å²) in [6, 6.07) is 23.0. The summed E-state index contributed by atoms with van der Waals surface area (Å²) in [5.74, 6) is -0.242. The lowest BCUT2D eigenvalue weighted by Gasteiger charge is -2.04. The first-order valence-electron chi connectivity index (χ1n) is 10.7. The number of aryl methyl sites for hydroxylation is 1. The van der Waals surface area contributed by atoms with Crippen LogP contribution in [-0.2, 0) is 0 Å². The largest absolute Gasteiger partial charge is 0.207 e. The van der Waals surface area contributed by atoms with Gasteiger partial charge in [0.1, 0.15) is 5.82 Å². The molecule has 0 bridgehead atoms. The summed E-state index contributed by atoms with van der Waals surface area (Å²) in [5.41, 5.74) is 2.39. The van der Waals surface area contributed by atoms with Gasteiger partial charge in [-0.2, -0.15) is 20.5 Å². The first kappa shape index (κ1) is 19.8. The second-order valence-electron chi connectivity index (χ2n) is 8.33. The van der Waals surface area contributed by atoms with Crippen LogP contribution in [0.2, 0.25) is 0 Å². The monoisotopic (exact) mass is 438 g/mol. The summed E-state index contributed by atoms with van der Waals surface area (Å²) >= 11 is 0. The van der Waals surface area contributed by atoms with Crippen molar-refractivity contribution in [2.24, 2.45) is 9.98 Å². The summed E-state index contributed by atoms with van der Waals surface area (Å²) in [6.45, 7) is 1.74. The Morgan fingerprint density at radius 3 is 1.76 bits per heavy atom. The third-order valence-electron chi connectivity index (χ3n) is 6.52. The van der Waals surface area contributed by atoms with Crippen LogP contribution in [0.25, 0.3) is 54.2 Å². The Kier molecular flexibility index (Phi) is 4.27. The fourth-order valence-corrected chi connectivity index (χ4v) is 4.97. The van der Waals surface area contributed by atoms with Crippen LogP contribution in [0.3, 0.4) is 0 Å². The maximum absolute atomic E-state index is 13.8. The normalized spacial score (nSPS) is 12.7. The van der Waals surface area contributed by atoms with Crippen LogP contribution in [0.4, 0.5) is 4.39 Å². The van der Waals surface area contributed by atoms with Crippen molar-refractivity contribution >= 4 is 43.1 Å². The summed E-state index contributed by atoms with van der Waals surface area (Å²) < 4.78 is 13.8. The van der Waals surface area contributed by atoms with Crippen molar-refractivity contribution in [3.63, 3.8) is 0 Å². The van der Waals surface area contributed by atoms with Gasteiger partial charge in [0.25, 0.3) is 0 Å². The van der Waals surface area contributed by atoms with Crippen LogP contribution in [0.1, 0.15) is 5.56 Å². The van der Waals surface area contributed by atoms with Gasteiger partial charge in [0.05, 0.1) is 10.7 Å². The van der Waals surface area contributed by atoms with Crippen LogP contribution in [0.15, 0.2) is 82.8 Å². The summed E-state index contributed by atoms with van der Waals surface area (Å²) in [5, 5.41) is 27.4. The highest BCUT2D eigenvalue weighted by Gasteiger charge is 2.15. The van der Waals surface area contributed by atoms with Gasteiger partial charge in [-0.1, -0.05) is 42.5 Å². The van der Waals surface area contributed by atoms with Crippen molar-refractivity contribution in [1.29, 1.82) is 10.5 Å². The molecule has 5 heteroatoms. The highest BCUT2D eigenvalue weighted by atomic mass is 19.1. The number of hydrogen-bond donors (Lipinski definition) is 0. The Morgan fingerprint density at radius 2 is 1.12 bits per heavy atom. The zero-order valence-electron chi connectivity index (χ0n) is 18.1. The third kappa shape index (κ3) is 2.75. The van der Waals surface area contributed by atoms with Gasteiger partial charge in [-0.3, -0.25) is 0 Å². The van der Waals surface area contributed by atoms with Crippen LogP contribution >= 0.6 is 0 Å². The minimum atomic E-state index is -0.242. The fourth-order valence-electron chi connectivity index (χ4n) is 4.97. The quantitative estimate of drug-likeness (QED) is 0.293. The maximum atomic E-state index is 13.8. The van der Waals surface area contributed by atoms with E-state index in [0.717, 1.165) is 54.2 Å². The molecule has 0 aliphatic heterocycles. The van der Waals surface area contributed by atoms with E-state index >= 15 is 0 Å². The average molecular weight is 438 g/mol. The van der Waals surface area contributed by atoms with E-state index in [2.05, 4.69) is 9.98 Å². The number of nitrogens with zero attached hydrogens (tertiary/aromatic N) is 4. The second-order valence-corrected chi connectivity index (χ2v) is 8.33. The highest BCUT2D eigenvalue weighted by molar-refractivity contribution is 6.21. The Morgan fingerprint density at radius 1 is 0.588 bits per heavy atom. The molecule has 0 fully saturated rings. The molecule has 0 amide bonds. The highest BCUT2D eigenvalue weighted by Crippen LogP contribution is 2.34. The number of nitriles is 2. The molecule has 6 aromatic carbocycles. The van der Waals surface area contributed by atoms with Crippen LogP contribution in [-0.4, -0.2) is 0 Å². The van der Waals surface area contributed by atoms with E-state index in [1.807, 2.05) is 73.0 Å². The lowest BCUT2D eigenvalue weighted by Crippen LogP contribution is -1.99. The van der Waals surface area contributed by atoms with Crippen LogP contribution < -0.4 is 10.7 Å². The minimum Gasteiger partial charge on any atom is -0.207 e. The topological polar surface area (TPSA) is 72.3 Å². The zero-order valence-corrected chi connectivity index (χ0v) is 18.1. The molecule has 0 radical (unpaired) electrons. The van der Waals surface area contributed by atoms with Crippen LogP contribution in [0, 0.1) is 35.7 Å². The summed E-state index contributed by atoms with van der Waals surface area (Å²) in [7, 11) is 0. The van der Waals surface area contributed by atoms with E-state index in [-0.39, 0.29) is 5.82 Å². The predicted octanol–water partition coefficient (Wildman–Crippen LogP) is 6.05. The molecule has 4 nitrogen and oxygen atoms in total. The molecule has 0 spiro atoms. The van der Waals surface area contributed by atoms with E-state index in [1.54, 1.807) is 13.0 Å². The van der Waals surface area contributed by atoms with Gasteiger partial charge >= 0.3 is 0 Å². The first-order chi connectivity index (χ1) is 16.6. The van der Waals surface area contributed by atoms with Gasteiger partial charge in [0, 0.05) is 21.5 Å². The Bertz CT molecular complexity index is 2010. The minimum absolute atomic E-state index is 0.242. The smallest absolute Gasteiger partial charge is 0.206 e. The lowest BCUT2D eigenvalue weighted by atomic mass is 10.0. The van der Waals surface area contributed by atoms with Gasteiger partial charge in [0.15, 0.2) is 0 Å². The molecular formula is C29H15FN4. The van der Waals surface area contributed by atoms with Crippen molar-refractivity contribution in [3.8, 4) is 23.5 Å². The number of hydrogen-bond acceptors (Lipinski definition) is 4. The van der Waals surface area contributed by atoms with Crippen molar-refractivity contribution in [1.82, 2.24) is 0 Å². The van der Waals surface area contributed by atoms with Gasteiger partial charge in [-0.05, 0) is 75.5 Å². The van der Waals surface area contributed by atoms with E-state index in [1.165, 1.54) is 6.07 Å². The lowest BCUT2D eigenvalue weighted by molar-refractivity contribution is 0.619. The molecule has 158 valence electrons. The fraction of sp³-hybridized carbons (Fsp3) is 0.0345. The standard InChI is InChI=1S/C29H15FN4/c1-16-10-17(7-9-27(16)30)18-6-8-20-23-13-25-22(12-26(23)29(34-15-32)24(20)11-18)19-4-2-3-5-21(19)28(25)33-14-31/h2-13H,1H3/b33-28+,34-29+. The van der Waals surface area contributed by atoms with E-state index < -0.39 is 0 Å². The Balaban J connectivity index is 1.76. The predicted molar refractivity (Wildman–Crippen MR) is 131 cm³/mol. The zero-order chi connectivity index (χ0) is 23.4. The first-order valence-corrected chi connectivity index (χ1v) is 10.7. The number of benzene rings is 4. The van der Waals surface area contributed by atoms with E-state index in [9.17, 15) is 14.9 Å². The van der Waals surface area contributed by atoms with Crippen molar-refractivity contribution in [3.05, 3.63) is 94.9 Å². The van der Waals surface area contributed by atoms with E-state index in [0.29, 0.717) is 16.3 Å². The Hall–Kier alpha value is -4.87. The van der Waals surface area contributed by atoms with Crippen molar-refractivity contribution < 1.29 is 4.39 Å². The van der Waals surface area contributed by atoms with Crippen molar-refractivity contribution in [2.75, 3.05) is 0 Å². The molecule has 34 heavy (non-hydrogen) atoms. The molecule has 6 aromatic rings. The molecule has 0 heterocycles. The summed E-state index contributed by atoms with van der Waals surface area (Å²) in [4.78, 5) is 8.31. The molecular weight excluding hydrogens is 423 g/mol. The molecule has 0 saturated carbocycles. The number of rotatable bonds is 1. The molecule has 0 unspecified atom stereocenters. The summed E-state index contributed by atoms with van der Waals surface area (Å²) in [6.07, 6.45) is 3.89. The number of fused-ring (bicyclic) bond motifs is 6. The molecule has 0 N–H and O–H groups in total. The van der Waals surface area contributed by atoms with Gasteiger partial charge in [-0.25, -0.2) is 4.39 Å². The van der Waals surface area contributed by atoms with Gasteiger partial charge < -0.3 is 0 Å². The van der Waals surface area contributed by atoms with Gasteiger partial charge in [0.2, 0.25) is 12.4 Å². The number of halogens is 1. The molecule has 6 rings (SSSR count). The molecule has 0 saturated heterocycles. The molecule has 0 aliphatic carbocycles. The molecule has 0 aromatic heterocycles. The second kappa shape index (κ2) is 7.33. The van der Waals surface area contributed by atoms with Gasteiger partial charge in [-0.15, -0.1) is 0 Å². The maximum Gasteiger partial charge on any atom is 0.206 e. The average Bonchev–Trinajstić information content (AvgIpc) is 3.32. The van der Waals surface area contributed by atoms with Crippen LogP contribution in [0.5, 0.6) is 0 Å². The van der Waals surface area contributed by atoms with Crippen molar-refractivity contribution in [2.45, 2.75) is 6.92 Å². The third-order valence-corrected chi connectivity index (χ3v) is 6.52. The Labute approximate surface area is 193 Å².